The van der Waals surface area contributed by atoms with E-state index in [-0.39, 0.29) is 12.0 Å². The van der Waals surface area contributed by atoms with Gasteiger partial charge in [0.05, 0.1) is 12.6 Å². The summed E-state index contributed by atoms with van der Waals surface area (Å²) in [5, 5.41) is 0. The fraction of sp³-hybridized carbons (Fsp3) is 0.812. The third-order valence-corrected chi connectivity index (χ3v) is 3.96. The van der Waals surface area contributed by atoms with Crippen molar-refractivity contribution in [3.8, 4) is 0 Å². The lowest BCUT2D eigenvalue weighted by Gasteiger charge is -2.39. The number of unbranched alkanes of at least 4 members (excludes halogenated alkanes) is 1. The van der Waals surface area contributed by atoms with E-state index in [4.69, 9.17) is 4.74 Å². The predicted molar refractivity (Wildman–Crippen MR) is 82.5 cm³/mol. The number of rotatable bonds is 8. The third-order valence-electron chi connectivity index (χ3n) is 3.96. The Morgan fingerprint density at radius 3 is 2.30 bits per heavy atom. The summed E-state index contributed by atoms with van der Waals surface area (Å²) >= 11 is 0. The standard InChI is InChI=1S/C16H30N2O2/c1-6-7-12-20-15(5)18-10-8-17(9-11-18)14(4)16(19)13(2)3/h13-14H,5-12H2,1-4H3/t14-/m1/s1. The first kappa shape index (κ1) is 17.0. The smallest absolute Gasteiger partial charge is 0.181 e. The van der Waals surface area contributed by atoms with Crippen LogP contribution < -0.4 is 0 Å². The van der Waals surface area contributed by atoms with Crippen LogP contribution in [0, 0.1) is 5.92 Å². The van der Waals surface area contributed by atoms with Crippen LogP contribution in [-0.4, -0.2) is 54.4 Å². The molecular formula is C16H30N2O2. The molecule has 1 aliphatic rings. The van der Waals surface area contributed by atoms with Crippen molar-refractivity contribution in [3.63, 3.8) is 0 Å². The maximum Gasteiger partial charge on any atom is 0.181 e. The molecule has 0 aromatic carbocycles. The zero-order valence-electron chi connectivity index (χ0n) is 13.5. The van der Waals surface area contributed by atoms with E-state index in [1.54, 1.807) is 0 Å². The second kappa shape index (κ2) is 8.30. The Hall–Kier alpha value is -1.03. The van der Waals surface area contributed by atoms with Crippen molar-refractivity contribution in [1.82, 2.24) is 9.80 Å². The minimum Gasteiger partial charge on any atom is -0.479 e. The minimum absolute atomic E-state index is 0.0198. The first-order chi connectivity index (χ1) is 9.47. The first-order valence-electron chi connectivity index (χ1n) is 7.81. The van der Waals surface area contributed by atoms with E-state index in [9.17, 15) is 4.79 Å². The average Bonchev–Trinajstić information content (AvgIpc) is 2.46. The Kier molecular flexibility index (Phi) is 7.06. The molecule has 0 aromatic rings. The maximum atomic E-state index is 12.0. The summed E-state index contributed by atoms with van der Waals surface area (Å²) in [6, 6.07) is 0.0198. The number of carbonyl (C=O) groups excluding carboxylic acids is 1. The Balaban J connectivity index is 2.36. The van der Waals surface area contributed by atoms with Crippen LogP contribution in [0.5, 0.6) is 0 Å². The molecule has 0 radical (unpaired) electrons. The highest BCUT2D eigenvalue weighted by atomic mass is 16.5. The summed E-state index contributed by atoms with van der Waals surface area (Å²) in [4.78, 5) is 16.5. The summed E-state index contributed by atoms with van der Waals surface area (Å²) in [7, 11) is 0. The van der Waals surface area contributed by atoms with Gasteiger partial charge in [0.25, 0.3) is 0 Å². The number of Topliss-reactive ketones (excluding diaryl/α,β-unsaturated/α-hetero) is 1. The van der Waals surface area contributed by atoms with Gasteiger partial charge < -0.3 is 9.64 Å². The van der Waals surface area contributed by atoms with E-state index in [0.29, 0.717) is 5.78 Å². The Morgan fingerprint density at radius 2 is 1.80 bits per heavy atom. The van der Waals surface area contributed by atoms with Crippen molar-refractivity contribution in [2.45, 2.75) is 46.6 Å². The van der Waals surface area contributed by atoms with Gasteiger partial charge in [-0.3, -0.25) is 9.69 Å². The van der Waals surface area contributed by atoms with Crippen LogP contribution in [0.4, 0.5) is 0 Å². The summed E-state index contributed by atoms with van der Waals surface area (Å²) in [6.07, 6.45) is 2.20. The fourth-order valence-corrected chi connectivity index (χ4v) is 2.45. The van der Waals surface area contributed by atoms with E-state index < -0.39 is 0 Å². The van der Waals surface area contributed by atoms with E-state index in [2.05, 4.69) is 23.3 Å². The Bertz CT molecular complexity index is 320. The van der Waals surface area contributed by atoms with Crippen molar-refractivity contribution in [2.75, 3.05) is 32.8 Å². The molecule has 1 fully saturated rings. The van der Waals surface area contributed by atoms with Crippen molar-refractivity contribution >= 4 is 5.78 Å². The normalized spacial score (nSPS) is 18.1. The quantitative estimate of drug-likeness (QED) is 0.506. The van der Waals surface area contributed by atoms with Crippen LogP contribution in [0.25, 0.3) is 0 Å². The lowest BCUT2D eigenvalue weighted by Crippen LogP contribution is -2.52. The van der Waals surface area contributed by atoms with Crippen LogP contribution in [0.3, 0.4) is 0 Å². The summed E-state index contributed by atoms with van der Waals surface area (Å²) < 4.78 is 5.65. The number of carbonyl (C=O) groups is 1. The molecule has 4 nitrogen and oxygen atoms in total. The molecule has 0 bridgehead atoms. The van der Waals surface area contributed by atoms with Crippen LogP contribution >= 0.6 is 0 Å². The summed E-state index contributed by atoms with van der Waals surface area (Å²) in [5.41, 5.74) is 0. The Morgan fingerprint density at radius 1 is 1.20 bits per heavy atom. The number of hydrogen-bond donors (Lipinski definition) is 0. The molecular weight excluding hydrogens is 252 g/mol. The number of ketones is 1. The summed E-state index contributed by atoms with van der Waals surface area (Å²) in [6.45, 7) is 16.4. The van der Waals surface area contributed by atoms with Crippen LogP contribution in [0.2, 0.25) is 0 Å². The molecule has 1 aliphatic heterocycles. The van der Waals surface area contributed by atoms with Gasteiger partial charge in [0.2, 0.25) is 0 Å². The molecule has 1 rings (SSSR count). The predicted octanol–water partition coefficient (Wildman–Crippen LogP) is 2.51. The van der Waals surface area contributed by atoms with Gasteiger partial charge in [-0.15, -0.1) is 0 Å². The monoisotopic (exact) mass is 282 g/mol. The van der Waals surface area contributed by atoms with Crippen molar-refractivity contribution in [1.29, 1.82) is 0 Å². The molecule has 20 heavy (non-hydrogen) atoms. The second-order valence-corrected chi connectivity index (χ2v) is 5.85. The van der Waals surface area contributed by atoms with Gasteiger partial charge in [-0.25, -0.2) is 0 Å². The van der Waals surface area contributed by atoms with Gasteiger partial charge in [-0.05, 0) is 19.9 Å². The molecule has 1 heterocycles. The van der Waals surface area contributed by atoms with Gasteiger partial charge in [0.1, 0.15) is 0 Å². The molecule has 0 saturated carbocycles. The molecule has 1 saturated heterocycles. The molecule has 0 amide bonds. The fourth-order valence-electron chi connectivity index (χ4n) is 2.45. The van der Waals surface area contributed by atoms with Gasteiger partial charge in [0.15, 0.2) is 11.7 Å². The van der Waals surface area contributed by atoms with E-state index >= 15 is 0 Å². The van der Waals surface area contributed by atoms with E-state index in [1.807, 2.05) is 20.8 Å². The van der Waals surface area contributed by atoms with E-state index in [0.717, 1.165) is 51.5 Å². The topological polar surface area (TPSA) is 32.8 Å². The van der Waals surface area contributed by atoms with Gasteiger partial charge in [-0.1, -0.05) is 27.2 Å². The molecule has 116 valence electrons. The lowest BCUT2D eigenvalue weighted by atomic mass is 10.0. The SMILES string of the molecule is C=C(OCCCC)N1CCN([C@H](C)C(=O)C(C)C)CC1. The Labute approximate surface area is 123 Å². The van der Waals surface area contributed by atoms with E-state index in [1.165, 1.54) is 0 Å². The highest BCUT2D eigenvalue weighted by Gasteiger charge is 2.27. The van der Waals surface area contributed by atoms with Crippen LogP contribution in [0.15, 0.2) is 12.5 Å². The average molecular weight is 282 g/mol. The molecule has 0 N–H and O–H groups in total. The van der Waals surface area contributed by atoms with Gasteiger partial charge >= 0.3 is 0 Å². The van der Waals surface area contributed by atoms with Crippen molar-refractivity contribution in [2.24, 2.45) is 5.92 Å². The van der Waals surface area contributed by atoms with Crippen LogP contribution in [0.1, 0.15) is 40.5 Å². The number of nitrogens with zero attached hydrogens (tertiary/aromatic N) is 2. The molecule has 1 atom stereocenters. The van der Waals surface area contributed by atoms with Crippen molar-refractivity contribution < 1.29 is 9.53 Å². The second-order valence-electron chi connectivity index (χ2n) is 5.85. The number of ether oxygens (including phenoxy) is 1. The molecule has 0 aliphatic carbocycles. The van der Waals surface area contributed by atoms with Gasteiger partial charge in [0, 0.05) is 32.1 Å². The first-order valence-corrected chi connectivity index (χ1v) is 7.81. The largest absolute Gasteiger partial charge is 0.479 e. The number of hydrogen-bond acceptors (Lipinski definition) is 4. The van der Waals surface area contributed by atoms with Gasteiger partial charge in [-0.2, -0.15) is 0 Å². The maximum absolute atomic E-state index is 12.0. The highest BCUT2D eigenvalue weighted by molar-refractivity contribution is 5.85. The summed E-state index contributed by atoms with van der Waals surface area (Å²) in [5.74, 6) is 1.22. The molecule has 4 heteroatoms. The molecule has 0 unspecified atom stereocenters. The number of piperazine rings is 1. The highest BCUT2D eigenvalue weighted by Crippen LogP contribution is 2.14. The molecule has 0 spiro atoms. The zero-order chi connectivity index (χ0) is 15.1. The van der Waals surface area contributed by atoms with Crippen molar-refractivity contribution in [3.05, 3.63) is 12.5 Å². The third kappa shape index (κ3) is 4.82. The molecule has 0 aromatic heterocycles. The minimum atomic E-state index is 0.0198. The van der Waals surface area contributed by atoms with Crippen LogP contribution in [-0.2, 0) is 9.53 Å². The lowest BCUT2D eigenvalue weighted by molar-refractivity contribution is -0.127. The zero-order valence-corrected chi connectivity index (χ0v) is 13.5.